The molecule has 3 nitrogen and oxygen atoms in total. The van der Waals surface area contributed by atoms with Crippen molar-refractivity contribution in [2.45, 2.75) is 25.7 Å². The molecular weight excluding hydrogens is 371 g/mol. The van der Waals surface area contributed by atoms with E-state index in [4.69, 9.17) is 0 Å². The van der Waals surface area contributed by atoms with Gasteiger partial charge in [0.15, 0.2) is 0 Å². The summed E-state index contributed by atoms with van der Waals surface area (Å²) in [5.74, 6) is -0.462. The average molecular weight is 392 g/mol. The lowest BCUT2D eigenvalue weighted by Crippen LogP contribution is -2.16. The largest absolute Gasteiger partial charge is 0.361 e. The fourth-order valence-corrected chi connectivity index (χ4v) is 4.35. The highest BCUT2D eigenvalue weighted by atomic mass is 32.1. The molecule has 0 radical (unpaired) electrons. The van der Waals surface area contributed by atoms with Crippen LogP contribution in [0.5, 0.6) is 0 Å². The van der Waals surface area contributed by atoms with E-state index in [1.54, 1.807) is 23.5 Å². The number of benzene rings is 2. The Hall–Kier alpha value is -2.92. The van der Waals surface area contributed by atoms with Crippen molar-refractivity contribution in [3.63, 3.8) is 0 Å². The highest BCUT2D eigenvalue weighted by molar-refractivity contribution is 7.08. The highest BCUT2D eigenvalue weighted by Gasteiger charge is 2.22. The summed E-state index contributed by atoms with van der Waals surface area (Å²) in [6, 6.07) is 14.2. The van der Waals surface area contributed by atoms with Crippen LogP contribution in [0.3, 0.4) is 0 Å². The molecule has 1 unspecified atom stereocenters. The van der Waals surface area contributed by atoms with Gasteiger partial charge in [-0.05, 0) is 64.2 Å². The van der Waals surface area contributed by atoms with Crippen molar-refractivity contribution >= 4 is 33.8 Å². The molecule has 0 saturated carbocycles. The van der Waals surface area contributed by atoms with Gasteiger partial charge < -0.3 is 10.3 Å². The van der Waals surface area contributed by atoms with E-state index in [2.05, 4.69) is 46.9 Å². The summed E-state index contributed by atoms with van der Waals surface area (Å²) in [4.78, 5) is 16.2. The van der Waals surface area contributed by atoms with E-state index in [1.807, 2.05) is 11.6 Å². The fraction of sp³-hybridized carbons (Fsp3) is 0.174. The van der Waals surface area contributed by atoms with E-state index >= 15 is 0 Å². The molecule has 2 N–H and O–H groups in total. The molecular formula is C23H21FN2OS. The van der Waals surface area contributed by atoms with Gasteiger partial charge in [0, 0.05) is 35.1 Å². The number of H-pyrrole nitrogens is 1. The molecule has 0 spiro atoms. The second kappa shape index (κ2) is 7.98. The Morgan fingerprint density at radius 3 is 2.71 bits per heavy atom. The van der Waals surface area contributed by atoms with Crippen molar-refractivity contribution in [1.82, 2.24) is 4.98 Å². The highest BCUT2D eigenvalue weighted by Crippen LogP contribution is 2.35. The molecule has 0 saturated heterocycles. The second-order valence-corrected chi connectivity index (χ2v) is 7.59. The molecule has 0 fully saturated rings. The third-order valence-electron chi connectivity index (χ3n) is 5.05. The molecule has 2 aromatic carbocycles. The maximum atomic E-state index is 13.1. The van der Waals surface area contributed by atoms with Crippen LogP contribution >= 0.6 is 11.3 Å². The number of hydrogen-bond donors (Lipinski definition) is 2. The van der Waals surface area contributed by atoms with Crippen molar-refractivity contribution in [1.29, 1.82) is 0 Å². The molecule has 1 amide bonds. The van der Waals surface area contributed by atoms with Crippen LogP contribution in [-0.2, 0) is 11.2 Å². The summed E-state index contributed by atoms with van der Waals surface area (Å²) >= 11 is 1.63. The van der Waals surface area contributed by atoms with Gasteiger partial charge >= 0.3 is 0 Å². The monoisotopic (exact) mass is 392 g/mol. The number of halogens is 1. The number of hydrogen-bond acceptors (Lipinski definition) is 2. The number of aromatic nitrogens is 1. The first-order valence-electron chi connectivity index (χ1n) is 9.32. The zero-order valence-corrected chi connectivity index (χ0v) is 16.4. The van der Waals surface area contributed by atoms with Crippen molar-refractivity contribution in [2.24, 2.45) is 0 Å². The third-order valence-corrected chi connectivity index (χ3v) is 5.75. The molecule has 2 heterocycles. The Morgan fingerprint density at radius 2 is 2.00 bits per heavy atom. The lowest BCUT2D eigenvalue weighted by Gasteiger charge is -2.16. The first-order valence-corrected chi connectivity index (χ1v) is 10.3. The fourth-order valence-electron chi connectivity index (χ4n) is 3.63. The predicted octanol–water partition coefficient (Wildman–Crippen LogP) is 6.09. The normalized spacial score (nSPS) is 12.2. The Bertz CT molecular complexity index is 1080. The summed E-state index contributed by atoms with van der Waals surface area (Å²) in [5, 5.41) is 8.17. The Balaban J connectivity index is 1.65. The molecule has 0 bridgehead atoms. The van der Waals surface area contributed by atoms with Crippen molar-refractivity contribution in [3.8, 4) is 0 Å². The summed E-state index contributed by atoms with van der Waals surface area (Å²) in [6.07, 6.45) is 3.29. The van der Waals surface area contributed by atoms with E-state index in [0.717, 1.165) is 28.5 Å². The number of aromatic amines is 1. The van der Waals surface area contributed by atoms with Crippen LogP contribution in [0, 0.1) is 5.82 Å². The van der Waals surface area contributed by atoms with E-state index in [1.165, 1.54) is 17.7 Å². The van der Waals surface area contributed by atoms with Crippen LogP contribution in [0.2, 0.25) is 0 Å². The summed E-state index contributed by atoms with van der Waals surface area (Å²) < 4.78 is 13.1. The minimum absolute atomic E-state index is 0.0486. The molecule has 5 heteroatoms. The van der Waals surface area contributed by atoms with Gasteiger partial charge in [0.2, 0.25) is 5.91 Å². The van der Waals surface area contributed by atoms with Gasteiger partial charge in [-0.25, -0.2) is 4.39 Å². The Kier molecular flexibility index (Phi) is 5.26. The number of carbonyl (C=O) groups is 1. The van der Waals surface area contributed by atoms with Crippen LogP contribution in [0.15, 0.2) is 65.5 Å². The van der Waals surface area contributed by atoms with Gasteiger partial charge in [0.25, 0.3) is 0 Å². The maximum Gasteiger partial charge on any atom is 0.225 e. The van der Waals surface area contributed by atoms with Gasteiger partial charge in [-0.2, -0.15) is 11.3 Å². The minimum Gasteiger partial charge on any atom is -0.361 e. The molecule has 2 aromatic heterocycles. The molecule has 28 heavy (non-hydrogen) atoms. The van der Waals surface area contributed by atoms with E-state index < -0.39 is 0 Å². The Morgan fingerprint density at radius 1 is 1.18 bits per heavy atom. The maximum absolute atomic E-state index is 13.1. The number of carbonyl (C=O) groups excluding carboxylic acids is 1. The molecule has 4 aromatic rings. The first kappa shape index (κ1) is 18.4. The lowest BCUT2D eigenvalue weighted by atomic mass is 9.89. The summed E-state index contributed by atoms with van der Waals surface area (Å²) in [6.45, 7) is 2.14. The molecule has 142 valence electrons. The van der Waals surface area contributed by atoms with Crippen molar-refractivity contribution in [3.05, 3.63) is 88.0 Å². The van der Waals surface area contributed by atoms with Gasteiger partial charge in [-0.15, -0.1) is 0 Å². The number of aryl methyl sites for hydroxylation is 1. The molecule has 1 atom stereocenters. The predicted molar refractivity (Wildman–Crippen MR) is 113 cm³/mol. The smallest absolute Gasteiger partial charge is 0.225 e. The molecule has 0 aliphatic rings. The first-order chi connectivity index (χ1) is 13.7. The van der Waals surface area contributed by atoms with Gasteiger partial charge in [-0.1, -0.05) is 25.1 Å². The lowest BCUT2D eigenvalue weighted by molar-refractivity contribution is -0.116. The van der Waals surface area contributed by atoms with E-state index in [9.17, 15) is 9.18 Å². The van der Waals surface area contributed by atoms with Gasteiger partial charge in [0.05, 0.1) is 0 Å². The van der Waals surface area contributed by atoms with Crippen LogP contribution in [0.4, 0.5) is 10.1 Å². The van der Waals surface area contributed by atoms with Crippen LogP contribution < -0.4 is 5.32 Å². The van der Waals surface area contributed by atoms with Crippen LogP contribution in [-0.4, -0.2) is 10.9 Å². The number of fused-ring (bicyclic) bond motifs is 1. The zero-order chi connectivity index (χ0) is 19.5. The van der Waals surface area contributed by atoms with Crippen LogP contribution in [0.25, 0.3) is 10.9 Å². The molecule has 0 aliphatic carbocycles. The number of amides is 1. The molecule has 0 aliphatic heterocycles. The number of nitrogens with one attached hydrogen (secondary N) is 2. The topological polar surface area (TPSA) is 44.9 Å². The summed E-state index contributed by atoms with van der Waals surface area (Å²) in [5.41, 5.74) is 5.26. The number of thiophene rings is 1. The summed E-state index contributed by atoms with van der Waals surface area (Å²) in [7, 11) is 0. The quantitative estimate of drug-likeness (QED) is 0.410. The van der Waals surface area contributed by atoms with E-state index in [-0.39, 0.29) is 17.6 Å². The number of rotatable bonds is 6. The number of para-hydroxylation sites is 1. The van der Waals surface area contributed by atoms with Crippen LogP contribution in [0.1, 0.15) is 36.0 Å². The minimum atomic E-state index is -0.320. The average Bonchev–Trinajstić information content (AvgIpc) is 3.38. The zero-order valence-electron chi connectivity index (χ0n) is 15.5. The SMILES string of the molecule is CCc1cccc2c(C(CC(=O)Nc3ccc(F)cc3)c3ccsc3)c[nH]c12. The number of anilines is 1. The van der Waals surface area contributed by atoms with E-state index in [0.29, 0.717) is 12.1 Å². The standard InChI is InChI=1S/C23H21FN2OS/c1-2-15-4-3-5-19-21(13-25-23(15)19)20(16-10-11-28-14-16)12-22(27)26-18-8-6-17(24)7-9-18/h3-11,13-14,20,25H,2,12H2,1H3,(H,26,27). The molecule has 4 rings (SSSR count). The second-order valence-electron chi connectivity index (χ2n) is 6.81. The van der Waals surface area contributed by atoms with Gasteiger partial charge in [0.1, 0.15) is 5.82 Å². The Labute approximate surface area is 167 Å². The van der Waals surface area contributed by atoms with Crippen molar-refractivity contribution < 1.29 is 9.18 Å². The third kappa shape index (κ3) is 3.71. The van der Waals surface area contributed by atoms with Gasteiger partial charge in [-0.3, -0.25) is 4.79 Å². The van der Waals surface area contributed by atoms with Crippen molar-refractivity contribution in [2.75, 3.05) is 5.32 Å².